The molecule has 0 unspecified atom stereocenters. The van der Waals surface area contributed by atoms with Crippen molar-refractivity contribution in [1.29, 1.82) is 0 Å². The van der Waals surface area contributed by atoms with Crippen molar-refractivity contribution in [3.8, 4) is 5.75 Å². The Hall–Kier alpha value is -1.02. The molecular weight excluding hydrogens is 246 g/mol. The lowest BCUT2D eigenvalue weighted by Gasteiger charge is -2.58. The number of likely N-dealkylation sites (tertiary alicyclic amines) is 1. The fraction of sp³-hybridized carbons (Fsp3) is 0.667. The van der Waals surface area contributed by atoms with E-state index in [-0.39, 0.29) is 0 Å². The molecule has 1 N–H and O–H groups in total. The molecule has 2 fully saturated rings. The number of fused-ring (bicyclic) bond motifs is 1. The summed E-state index contributed by atoms with van der Waals surface area (Å²) in [5.41, 5.74) is 4.41. The Kier molecular flexibility index (Phi) is 2.69. The monoisotopic (exact) mass is 271 g/mol. The van der Waals surface area contributed by atoms with Crippen LogP contribution in [0, 0.1) is 12.8 Å². The second-order valence-corrected chi connectivity index (χ2v) is 7.31. The molecule has 2 heteroatoms. The van der Waals surface area contributed by atoms with Gasteiger partial charge in [-0.2, -0.15) is 0 Å². The maximum Gasteiger partial charge on any atom is 0.118 e. The van der Waals surface area contributed by atoms with Crippen molar-refractivity contribution in [2.24, 2.45) is 5.92 Å². The molecule has 3 aliphatic rings. The molecule has 2 bridgehead atoms. The van der Waals surface area contributed by atoms with Crippen LogP contribution in [0.15, 0.2) is 12.1 Å². The molecule has 20 heavy (non-hydrogen) atoms. The second kappa shape index (κ2) is 4.24. The zero-order chi connectivity index (χ0) is 13.9. The lowest BCUT2D eigenvalue weighted by atomic mass is 9.52. The van der Waals surface area contributed by atoms with Gasteiger partial charge in [-0.05, 0) is 74.9 Å². The zero-order valence-electron chi connectivity index (χ0n) is 12.7. The van der Waals surface area contributed by atoms with Gasteiger partial charge in [0.25, 0.3) is 0 Å². The van der Waals surface area contributed by atoms with Gasteiger partial charge in [0, 0.05) is 11.5 Å². The van der Waals surface area contributed by atoms with E-state index in [0.29, 0.717) is 11.2 Å². The molecule has 1 heterocycles. The third-order valence-corrected chi connectivity index (χ3v) is 6.43. The average molecular weight is 271 g/mol. The molecule has 1 saturated heterocycles. The van der Waals surface area contributed by atoms with E-state index in [1.807, 2.05) is 6.92 Å². The van der Waals surface area contributed by atoms with E-state index in [9.17, 15) is 5.11 Å². The van der Waals surface area contributed by atoms with Gasteiger partial charge < -0.3 is 10.0 Å². The summed E-state index contributed by atoms with van der Waals surface area (Å²) in [5.74, 6) is 1.31. The Bertz CT molecular complexity index is 553. The Morgan fingerprint density at radius 1 is 1.25 bits per heavy atom. The van der Waals surface area contributed by atoms with Crippen molar-refractivity contribution < 1.29 is 5.11 Å². The van der Waals surface area contributed by atoms with E-state index >= 15 is 0 Å². The third kappa shape index (κ3) is 1.54. The van der Waals surface area contributed by atoms with Gasteiger partial charge in [0.1, 0.15) is 5.75 Å². The van der Waals surface area contributed by atoms with Crippen LogP contribution in [-0.2, 0) is 11.8 Å². The number of phenols is 1. The molecular formula is C18H25NO. The van der Waals surface area contributed by atoms with Crippen LogP contribution in [0.25, 0.3) is 0 Å². The summed E-state index contributed by atoms with van der Waals surface area (Å²) in [6, 6.07) is 5.09. The van der Waals surface area contributed by atoms with Crippen molar-refractivity contribution in [3.05, 3.63) is 28.8 Å². The van der Waals surface area contributed by atoms with E-state index in [1.165, 1.54) is 56.2 Å². The highest BCUT2D eigenvalue weighted by atomic mass is 16.3. The van der Waals surface area contributed by atoms with Gasteiger partial charge in [-0.15, -0.1) is 0 Å². The van der Waals surface area contributed by atoms with Gasteiger partial charge in [0.15, 0.2) is 0 Å². The molecule has 108 valence electrons. The van der Waals surface area contributed by atoms with Gasteiger partial charge >= 0.3 is 0 Å². The van der Waals surface area contributed by atoms with E-state index in [4.69, 9.17) is 0 Å². The number of benzene rings is 1. The third-order valence-electron chi connectivity index (χ3n) is 6.43. The van der Waals surface area contributed by atoms with Crippen LogP contribution < -0.4 is 0 Å². The summed E-state index contributed by atoms with van der Waals surface area (Å²) in [4.78, 5) is 2.60. The minimum Gasteiger partial charge on any atom is -0.508 e. The summed E-state index contributed by atoms with van der Waals surface area (Å²) in [5, 5.41) is 10.2. The molecule has 0 amide bonds. The van der Waals surface area contributed by atoms with Crippen molar-refractivity contribution in [2.45, 2.75) is 56.9 Å². The van der Waals surface area contributed by atoms with Gasteiger partial charge in [-0.1, -0.05) is 18.9 Å². The Morgan fingerprint density at radius 3 is 2.95 bits per heavy atom. The maximum absolute atomic E-state index is 10.2. The van der Waals surface area contributed by atoms with Gasteiger partial charge in [-0.3, -0.25) is 0 Å². The molecule has 1 aliphatic heterocycles. The Balaban J connectivity index is 1.92. The van der Waals surface area contributed by atoms with Gasteiger partial charge in [-0.25, -0.2) is 0 Å². The number of hydrogen-bond donors (Lipinski definition) is 1. The van der Waals surface area contributed by atoms with Crippen LogP contribution in [0.3, 0.4) is 0 Å². The Morgan fingerprint density at radius 2 is 2.10 bits per heavy atom. The predicted octanol–water partition coefficient (Wildman–Crippen LogP) is 3.39. The molecule has 2 nitrogen and oxygen atoms in total. The van der Waals surface area contributed by atoms with Crippen molar-refractivity contribution in [3.63, 3.8) is 0 Å². The minimum atomic E-state index is 0.369. The molecule has 0 aromatic heterocycles. The number of phenolic OH excluding ortho intramolecular Hbond substituents is 1. The summed E-state index contributed by atoms with van der Waals surface area (Å²) in [7, 11) is 2.31. The summed E-state index contributed by atoms with van der Waals surface area (Å²) >= 11 is 0. The first-order valence-corrected chi connectivity index (χ1v) is 8.15. The number of rotatable bonds is 0. The van der Waals surface area contributed by atoms with E-state index in [1.54, 1.807) is 0 Å². The quantitative estimate of drug-likeness (QED) is 0.782. The fourth-order valence-corrected chi connectivity index (χ4v) is 5.37. The lowest BCUT2D eigenvalue weighted by molar-refractivity contribution is 0.00271. The fourth-order valence-electron chi connectivity index (χ4n) is 5.37. The van der Waals surface area contributed by atoms with Gasteiger partial charge in [0.05, 0.1) is 0 Å². The molecule has 3 atom stereocenters. The first-order valence-electron chi connectivity index (χ1n) is 8.15. The van der Waals surface area contributed by atoms with Crippen LogP contribution in [0.2, 0.25) is 0 Å². The number of hydrogen-bond acceptors (Lipinski definition) is 2. The first kappa shape index (κ1) is 12.7. The highest BCUT2D eigenvalue weighted by molar-refractivity contribution is 5.48. The normalized spacial score (nSPS) is 36.3. The van der Waals surface area contributed by atoms with E-state index < -0.39 is 0 Å². The SMILES string of the molecule is Cc1cc2c(cc1O)[C@]13CCCC[C@H]1[C@@H](C2)N(C)CC3. The molecule has 0 radical (unpaired) electrons. The van der Waals surface area contributed by atoms with Gasteiger partial charge in [0.2, 0.25) is 0 Å². The predicted molar refractivity (Wildman–Crippen MR) is 81.2 cm³/mol. The highest BCUT2D eigenvalue weighted by Crippen LogP contribution is 2.56. The topological polar surface area (TPSA) is 23.5 Å². The minimum absolute atomic E-state index is 0.369. The van der Waals surface area contributed by atoms with Crippen LogP contribution >= 0.6 is 0 Å². The summed E-state index contributed by atoms with van der Waals surface area (Å²) in [6.07, 6.45) is 7.92. The summed E-state index contributed by atoms with van der Waals surface area (Å²) < 4.78 is 0. The van der Waals surface area contributed by atoms with Crippen LogP contribution in [0.5, 0.6) is 5.75 Å². The molecule has 2 aliphatic carbocycles. The average Bonchev–Trinajstić information content (AvgIpc) is 2.45. The van der Waals surface area contributed by atoms with Crippen molar-refractivity contribution in [1.82, 2.24) is 4.90 Å². The first-order chi connectivity index (χ1) is 9.62. The molecule has 1 saturated carbocycles. The summed E-state index contributed by atoms with van der Waals surface area (Å²) in [6.45, 7) is 3.25. The number of nitrogens with zero attached hydrogens (tertiary/aromatic N) is 1. The molecule has 1 aromatic carbocycles. The highest BCUT2D eigenvalue weighted by Gasteiger charge is 2.53. The van der Waals surface area contributed by atoms with E-state index in [0.717, 1.165) is 17.5 Å². The zero-order valence-corrected chi connectivity index (χ0v) is 12.7. The van der Waals surface area contributed by atoms with Crippen LogP contribution in [-0.4, -0.2) is 29.6 Å². The van der Waals surface area contributed by atoms with Crippen molar-refractivity contribution in [2.75, 3.05) is 13.6 Å². The van der Waals surface area contributed by atoms with E-state index in [2.05, 4.69) is 24.1 Å². The molecule has 0 spiro atoms. The van der Waals surface area contributed by atoms with Crippen molar-refractivity contribution >= 4 is 0 Å². The second-order valence-electron chi connectivity index (χ2n) is 7.31. The number of likely N-dealkylation sites (N-methyl/N-ethyl adjacent to an activating group) is 1. The number of aromatic hydroxyl groups is 1. The number of aryl methyl sites for hydroxylation is 1. The lowest BCUT2D eigenvalue weighted by Crippen LogP contribution is -2.59. The smallest absolute Gasteiger partial charge is 0.118 e. The standard InChI is InChI=1S/C18H25NO/c1-12-9-13-10-16-14-5-3-4-6-18(14,7-8-19(16)2)15(13)11-17(12)20/h9,11,14,16,20H,3-8,10H2,1-2H3/t14-,16+,18-/m0/s1. The maximum atomic E-state index is 10.2. The molecule has 1 aromatic rings. The van der Waals surface area contributed by atoms with Crippen LogP contribution in [0.4, 0.5) is 0 Å². The van der Waals surface area contributed by atoms with Crippen LogP contribution in [0.1, 0.15) is 48.8 Å². The molecule has 4 rings (SSSR count). The number of piperidine rings is 1. The Labute approximate surface area is 121 Å². The largest absolute Gasteiger partial charge is 0.508 e.